The number of hydrogen-bond donors (Lipinski definition) is 8. The number of phenols is 1. The van der Waals surface area contributed by atoms with Gasteiger partial charge in [-0.15, -0.1) is 0 Å². The van der Waals surface area contributed by atoms with E-state index >= 15 is 0 Å². The average molecular weight is 440 g/mol. The van der Waals surface area contributed by atoms with Crippen LogP contribution >= 0.6 is 0 Å². The molecule has 31 heavy (non-hydrogen) atoms. The number of benzene rings is 1. The molecule has 0 bridgehead atoms. The molecule has 0 aliphatic rings. The molecule has 3 unspecified atom stereocenters. The van der Waals surface area contributed by atoms with Gasteiger partial charge in [0.2, 0.25) is 17.7 Å². The molecule has 9 N–H and O–H groups in total. The normalized spacial score (nSPS) is 13.4. The monoisotopic (exact) mass is 440 g/mol. The van der Waals surface area contributed by atoms with Gasteiger partial charge in [0.25, 0.3) is 0 Å². The maximum atomic E-state index is 12.7. The Bertz CT molecular complexity index is 813. The van der Waals surface area contributed by atoms with Gasteiger partial charge in [0.15, 0.2) is 0 Å². The third kappa shape index (κ3) is 9.10. The first-order valence-corrected chi connectivity index (χ1v) is 8.99. The van der Waals surface area contributed by atoms with E-state index in [1.165, 1.54) is 24.3 Å². The predicted octanol–water partition coefficient (Wildman–Crippen LogP) is -3.10. The Morgan fingerprint density at radius 3 is 1.97 bits per heavy atom. The number of aliphatic hydroxyl groups is 1. The number of carbonyl (C=O) groups excluding carboxylic acids is 3. The lowest BCUT2D eigenvalue weighted by Gasteiger charge is -2.23. The predicted molar refractivity (Wildman–Crippen MR) is 104 cm³/mol. The number of nitrogens with two attached hydrogens (primary N) is 1. The minimum absolute atomic E-state index is 0.0345. The van der Waals surface area contributed by atoms with Crippen LogP contribution in [0.4, 0.5) is 0 Å². The van der Waals surface area contributed by atoms with Crippen LogP contribution < -0.4 is 21.7 Å². The van der Waals surface area contributed by atoms with E-state index in [9.17, 15) is 29.1 Å². The van der Waals surface area contributed by atoms with Crippen molar-refractivity contribution in [3.63, 3.8) is 0 Å². The molecule has 1 aromatic carbocycles. The smallest absolute Gasteiger partial charge is 0.322 e. The van der Waals surface area contributed by atoms with Crippen LogP contribution in [0.1, 0.15) is 12.0 Å². The Morgan fingerprint density at radius 2 is 1.45 bits per heavy atom. The van der Waals surface area contributed by atoms with Crippen molar-refractivity contribution in [1.82, 2.24) is 16.0 Å². The van der Waals surface area contributed by atoms with Crippen molar-refractivity contribution in [2.45, 2.75) is 31.0 Å². The Balaban J connectivity index is 3.03. The summed E-state index contributed by atoms with van der Waals surface area (Å²) < 4.78 is 0. The van der Waals surface area contributed by atoms with Gasteiger partial charge in [-0.05, 0) is 17.7 Å². The topological polar surface area (TPSA) is 228 Å². The highest BCUT2D eigenvalue weighted by Gasteiger charge is 2.29. The number of aliphatic hydroxyl groups excluding tert-OH is 1. The minimum Gasteiger partial charge on any atom is -0.508 e. The number of nitrogens with one attached hydrogen (secondary N) is 3. The van der Waals surface area contributed by atoms with Crippen molar-refractivity contribution in [1.29, 1.82) is 0 Å². The van der Waals surface area contributed by atoms with Crippen LogP contribution in [0.2, 0.25) is 0 Å². The summed E-state index contributed by atoms with van der Waals surface area (Å²) in [5.41, 5.74) is 5.94. The Labute approximate surface area is 176 Å². The van der Waals surface area contributed by atoms with Crippen molar-refractivity contribution >= 4 is 29.7 Å². The number of aromatic hydroxyl groups is 1. The van der Waals surface area contributed by atoms with E-state index in [2.05, 4.69) is 10.6 Å². The summed E-state index contributed by atoms with van der Waals surface area (Å²) >= 11 is 0. The van der Waals surface area contributed by atoms with Crippen LogP contribution in [0.15, 0.2) is 24.3 Å². The molecule has 1 rings (SSSR count). The lowest BCUT2D eigenvalue weighted by Crippen LogP contribution is -2.57. The molecule has 0 fully saturated rings. The second kappa shape index (κ2) is 12.1. The standard InChI is InChI=1S/C18H24N4O9/c19-11(8-23)16(29)21-12(5-9-1-3-10(24)4-2-9)18(31)22-13(6-14(25)26)17(30)20-7-15(27)28/h1-4,11-13,23-24H,5-8,19H2,(H,20,30)(H,21,29)(H,22,31)(H,25,26)(H,27,28). The third-order valence-electron chi connectivity index (χ3n) is 3.97. The lowest BCUT2D eigenvalue weighted by molar-refractivity contribution is -0.141. The summed E-state index contributed by atoms with van der Waals surface area (Å²) in [5.74, 6) is -5.69. The first-order valence-electron chi connectivity index (χ1n) is 8.99. The van der Waals surface area contributed by atoms with Gasteiger partial charge in [-0.1, -0.05) is 12.1 Å². The fraction of sp³-hybridized carbons (Fsp3) is 0.389. The maximum Gasteiger partial charge on any atom is 0.322 e. The van der Waals surface area contributed by atoms with Gasteiger partial charge in [-0.25, -0.2) is 0 Å². The molecule has 0 aliphatic heterocycles. The number of hydrogen-bond acceptors (Lipinski definition) is 8. The van der Waals surface area contributed by atoms with Gasteiger partial charge in [-0.3, -0.25) is 24.0 Å². The van der Waals surface area contributed by atoms with Crippen LogP contribution in [0.25, 0.3) is 0 Å². The number of phenolic OH excluding ortho intramolecular Hbond substituents is 1. The zero-order valence-corrected chi connectivity index (χ0v) is 16.3. The minimum atomic E-state index is -1.62. The van der Waals surface area contributed by atoms with Crippen LogP contribution in [0, 0.1) is 0 Å². The Morgan fingerprint density at radius 1 is 0.871 bits per heavy atom. The molecule has 0 aromatic heterocycles. The summed E-state index contributed by atoms with van der Waals surface area (Å²) in [6, 6.07) is 1.37. The molecular weight excluding hydrogens is 416 g/mol. The highest BCUT2D eigenvalue weighted by Crippen LogP contribution is 2.12. The molecule has 170 valence electrons. The highest BCUT2D eigenvalue weighted by molar-refractivity contribution is 5.95. The molecule has 0 spiro atoms. The molecule has 0 heterocycles. The summed E-state index contributed by atoms with van der Waals surface area (Å²) in [7, 11) is 0. The molecule has 0 saturated carbocycles. The third-order valence-corrected chi connectivity index (χ3v) is 3.97. The van der Waals surface area contributed by atoms with Crippen molar-refractivity contribution in [3.05, 3.63) is 29.8 Å². The highest BCUT2D eigenvalue weighted by atomic mass is 16.4. The second-order valence-corrected chi connectivity index (χ2v) is 6.49. The largest absolute Gasteiger partial charge is 0.508 e. The first kappa shape index (κ1) is 25.3. The Kier molecular flexibility index (Phi) is 9.88. The molecule has 1 aromatic rings. The first-order chi connectivity index (χ1) is 14.5. The van der Waals surface area contributed by atoms with Gasteiger partial charge in [-0.2, -0.15) is 0 Å². The van der Waals surface area contributed by atoms with Gasteiger partial charge >= 0.3 is 11.9 Å². The SMILES string of the molecule is NC(CO)C(=O)NC(Cc1ccc(O)cc1)C(=O)NC(CC(=O)O)C(=O)NCC(=O)O. The van der Waals surface area contributed by atoms with Gasteiger partial charge in [0.1, 0.15) is 30.4 Å². The summed E-state index contributed by atoms with van der Waals surface area (Å²) in [5, 5.41) is 42.5. The molecule has 0 saturated heterocycles. The number of carboxylic acids is 2. The van der Waals surface area contributed by atoms with E-state index in [1.807, 2.05) is 5.32 Å². The molecule has 3 amide bonds. The van der Waals surface area contributed by atoms with E-state index in [0.29, 0.717) is 5.56 Å². The molecular formula is C18H24N4O9. The summed E-state index contributed by atoms with van der Waals surface area (Å²) in [6.45, 7) is -1.48. The van der Waals surface area contributed by atoms with E-state index in [-0.39, 0.29) is 12.2 Å². The fourth-order valence-corrected chi connectivity index (χ4v) is 2.38. The zero-order chi connectivity index (χ0) is 23.6. The van der Waals surface area contributed by atoms with Crippen LogP contribution in [-0.2, 0) is 30.4 Å². The van der Waals surface area contributed by atoms with Crippen LogP contribution in [0.3, 0.4) is 0 Å². The molecule has 3 atom stereocenters. The van der Waals surface area contributed by atoms with Crippen LogP contribution in [-0.4, -0.2) is 81.4 Å². The zero-order valence-electron chi connectivity index (χ0n) is 16.3. The number of rotatable bonds is 12. The van der Waals surface area contributed by atoms with E-state index < -0.39 is 67.4 Å². The van der Waals surface area contributed by atoms with E-state index in [0.717, 1.165) is 0 Å². The molecule has 0 aliphatic carbocycles. The Hall–Kier alpha value is -3.71. The second-order valence-electron chi connectivity index (χ2n) is 6.49. The van der Waals surface area contributed by atoms with Crippen LogP contribution in [0.5, 0.6) is 5.75 Å². The average Bonchev–Trinajstić information content (AvgIpc) is 2.71. The fourth-order valence-electron chi connectivity index (χ4n) is 2.38. The molecule has 13 heteroatoms. The summed E-state index contributed by atoms with van der Waals surface area (Å²) in [6.07, 6.45) is -0.959. The lowest BCUT2D eigenvalue weighted by atomic mass is 10.0. The number of carboxylic acid groups (broad SMARTS) is 2. The van der Waals surface area contributed by atoms with Gasteiger partial charge < -0.3 is 42.1 Å². The molecule has 13 nitrogen and oxygen atoms in total. The maximum absolute atomic E-state index is 12.7. The van der Waals surface area contributed by atoms with Crippen molar-refractivity contribution in [3.8, 4) is 5.75 Å². The molecule has 0 radical (unpaired) electrons. The van der Waals surface area contributed by atoms with E-state index in [4.69, 9.17) is 21.1 Å². The van der Waals surface area contributed by atoms with Gasteiger partial charge in [0, 0.05) is 6.42 Å². The quantitative estimate of drug-likeness (QED) is 0.163. The number of amides is 3. The number of aliphatic carboxylic acids is 2. The van der Waals surface area contributed by atoms with Crippen molar-refractivity contribution in [2.75, 3.05) is 13.2 Å². The summed E-state index contributed by atoms with van der Waals surface area (Å²) in [4.78, 5) is 58.5. The van der Waals surface area contributed by atoms with Crippen molar-refractivity contribution in [2.24, 2.45) is 5.73 Å². The number of carbonyl (C=O) groups is 5. The van der Waals surface area contributed by atoms with Crippen molar-refractivity contribution < 1.29 is 44.4 Å². The van der Waals surface area contributed by atoms with Gasteiger partial charge in [0.05, 0.1) is 13.0 Å². The van der Waals surface area contributed by atoms with E-state index in [1.54, 1.807) is 0 Å².